The third kappa shape index (κ3) is 3.46. The van der Waals surface area contributed by atoms with Gasteiger partial charge in [-0.25, -0.2) is 4.98 Å². The number of hydrogen-bond acceptors (Lipinski definition) is 2. The summed E-state index contributed by atoms with van der Waals surface area (Å²) in [5, 5.41) is 1.79. The van der Waals surface area contributed by atoms with Crippen molar-refractivity contribution in [1.29, 1.82) is 0 Å². The number of aromatic nitrogens is 1. The number of ether oxygens (including phenoxy) is 1. The highest BCUT2D eigenvalue weighted by atomic mass is 35.5. The molecule has 0 N–H and O–H groups in total. The fraction of sp³-hybridized carbons (Fsp3) is 0.105. The number of pyridine rings is 1. The minimum atomic E-state index is 0.679. The molecule has 0 aliphatic rings. The average molecular weight is 310 g/mol. The van der Waals surface area contributed by atoms with Crippen LogP contribution in [-0.2, 0) is 0 Å². The summed E-state index contributed by atoms with van der Waals surface area (Å²) in [6.45, 7) is 2.66. The van der Waals surface area contributed by atoms with Crippen LogP contribution in [0.2, 0.25) is 5.02 Å². The van der Waals surface area contributed by atoms with Gasteiger partial charge in [0, 0.05) is 10.4 Å². The Labute approximate surface area is 135 Å². The molecule has 0 saturated carbocycles. The lowest BCUT2D eigenvalue weighted by molar-refractivity contribution is 0.340. The quantitative estimate of drug-likeness (QED) is 0.638. The number of benzene rings is 2. The summed E-state index contributed by atoms with van der Waals surface area (Å²) in [5.41, 5.74) is 2.92. The van der Waals surface area contributed by atoms with Crippen molar-refractivity contribution in [3.63, 3.8) is 0 Å². The van der Waals surface area contributed by atoms with Crippen LogP contribution in [-0.4, -0.2) is 11.6 Å². The van der Waals surface area contributed by atoms with Crippen LogP contribution < -0.4 is 4.74 Å². The first-order valence-corrected chi connectivity index (χ1v) is 7.59. The van der Waals surface area contributed by atoms with E-state index in [1.807, 2.05) is 67.6 Å². The van der Waals surface area contributed by atoms with E-state index in [1.165, 1.54) is 0 Å². The maximum atomic E-state index is 6.01. The molecule has 3 rings (SSSR count). The van der Waals surface area contributed by atoms with Gasteiger partial charge in [-0.2, -0.15) is 0 Å². The standard InChI is InChI=1S/C19H16ClNO/c1-2-22-18-11-4-14(5-12-18)3-9-17-10-7-15-6-8-16(20)13-19(15)21-17/h3-13H,2H2,1H3/b9-3+. The zero-order valence-electron chi connectivity index (χ0n) is 12.3. The number of fused-ring (bicyclic) bond motifs is 1. The SMILES string of the molecule is CCOc1ccc(/C=C/c2ccc3ccc(Cl)cc3n2)cc1. The largest absolute Gasteiger partial charge is 0.494 e. The zero-order valence-corrected chi connectivity index (χ0v) is 13.0. The Morgan fingerprint density at radius 2 is 1.77 bits per heavy atom. The van der Waals surface area contributed by atoms with Crippen LogP contribution >= 0.6 is 11.6 Å². The highest BCUT2D eigenvalue weighted by Crippen LogP contribution is 2.19. The van der Waals surface area contributed by atoms with Gasteiger partial charge < -0.3 is 4.74 Å². The van der Waals surface area contributed by atoms with Crippen molar-refractivity contribution in [3.05, 3.63) is 70.9 Å². The lowest BCUT2D eigenvalue weighted by Gasteiger charge is -2.02. The topological polar surface area (TPSA) is 22.1 Å². The Bertz CT molecular complexity index is 809. The highest BCUT2D eigenvalue weighted by Gasteiger charge is 1.98. The van der Waals surface area contributed by atoms with Crippen molar-refractivity contribution in [2.45, 2.75) is 6.92 Å². The van der Waals surface area contributed by atoms with E-state index in [-0.39, 0.29) is 0 Å². The van der Waals surface area contributed by atoms with Crippen molar-refractivity contribution in [3.8, 4) is 5.75 Å². The van der Waals surface area contributed by atoms with E-state index in [2.05, 4.69) is 11.1 Å². The van der Waals surface area contributed by atoms with Crippen molar-refractivity contribution < 1.29 is 4.74 Å². The molecule has 110 valence electrons. The minimum absolute atomic E-state index is 0.679. The van der Waals surface area contributed by atoms with Gasteiger partial charge in [-0.05, 0) is 48.9 Å². The van der Waals surface area contributed by atoms with Crippen molar-refractivity contribution in [1.82, 2.24) is 4.98 Å². The van der Waals surface area contributed by atoms with Gasteiger partial charge in [0.2, 0.25) is 0 Å². The van der Waals surface area contributed by atoms with E-state index in [1.54, 1.807) is 0 Å². The normalized spacial score (nSPS) is 11.2. The molecule has 0 atom stereocenters. The Morgan fingerprint density at radius 1 is 1.00 bits per heavy atom. The van der Waals surface area contributed by atoms with Crippen LogP contribution in [0.15, 0.2) is 54.6 Å². The fourth-order valence-electron chi connectivity index (χ4n) is 2.22. The van der Waals surface area contributed by atoms with E-state index in [4.69, 9.17) is 16.3 Å². The molecule has 0 unspecified atom stereocenters. The molecule has 22 heavy (non-hydrogen) atoms. The molecule has 2 nitrogen and oxygen atoms in total. The summed E-state index contributed by atoms with van der Waals surface area (Å²) in [6.07, 6.45) is 4.03. The van der Waals surface area contributed by atoms with Gasteiger partial charge >= 0.3 is 0 Å². The molecule has 0 fully saturated rings. The van der Waals surface area contributed by atoms with Crippen LogP contribution in [0.4, 0.5) is 0 Å². The van der Waals surface area contributed by atoms with Gasteiger partial charge in [0.1, 0.15) is 5.75 Å². The van der Waals surface area contributed by atoms with E-state index < -0.39 is 0 Å². The van der Waals surface area contributed by atoms with Crippen molar-refractivity contribution >= 4 is 34.7 Å². The highest BCUT2D eigenvalue weighted by molar-refractivity contribution is 6.31. The molecule has 0 aliphatic carbocycles. The summed E-state index contributed by atoms with van der Waals surface area (Å²) in [5.74, 6) is 0.887. The van der Waals surface area contributed by atoms with Gasteiger partial charge in [-0.1, -0.05) is 41.9 Å². The molecule has 2 aromatic carbocycles. The van der Waals surface area contributed by atoms with Crippen LogP contribution in [0.5, 0.6) is 5.75 Å². The molecule has 0 aliphatic heterocycles. The van der Waals surface area contributed by atoms with E-state index in [9.17, 15) is 0 Å². The number of hydrogen-bond donors (Lipinski definition) is 0. The van der Waals surface area contributed by atoms with Gasteiger partial charge in [-0.15, -0.1) is 0 Å². The fourth-order valence-corrected chi connectivity index (χ4v) is 2.39. The van der Waals surface area contributed by atoms with Gasteiger partial charge in [-0.3, -0.25) is 0 Å². The molecule has 0 radical (unpaired) electrons. The van der Waals surface area contributed by atoms with E-state index in [0.29, 0.717) is 11.6 Å². The average Bonchev–Trinajstić information content (AvgIpc) is 2.54. The smallest absolute Gasteiger partial charge is 0.119 e. The zero-order chi connectivity index (χ0) is 15.4. The van der Waals surface area contributed by atoms with Crippen LogP contribution in [0, 0.1) is 0 Å². The third-order valence-corrected chi connectivity index (χ3v) is 3.55. The van der Waals surface area contributed by atoms with Crippen molar-refractivity contribution in [2.75, 3.05) is 6.61 Å². The second-order valence-electron chi connectivity index (χ2n) is 4.91. The first-order valence-electron chi connectivity index (χ1n) is 7.22. The third-order valence-electron chi connectivity index (χ3n) is 3.31. The van der Waals surface area contributed by atoms with Crippen LogP contribution in [0.25, 0.3) is 23.1 Å². The summed E-state index contributed by atoms with van der Waals surface area (Å²) in [6, 6.07) is 17.8. The van der Waals surface area contributed by atoms with Gasteiger partial charge in [0.25, 0.3) is 0 Å². The second-order valence-corrected chi connectivity index (χ2v) is 5.34. The van der Waals surface area contributed by atoms with Crippen LogP contribution in [0.3, 0.4) is 0 Å². The molecule has 3 aromatic rings. The predicted octanol–water partition coefficient (Wildman–Crippen LogP) is 5.46. The lowest BCUT2D eigenvalue weighted by Crippen LogP contribution is -1.90. The molecular weight excluding hydrogens is 294 g/mol. The molecule has 0 bridgehead atoms. The molecule has 0 amide bonds. The Hall–Kier alpha value is -2.32. The Morgan fingerprint density at radius 3 is 2.55 bits per heavy atom. The number of rotatable bonds is 4. The molecular formula is C19H16ClNO. The van der Waals surface area contributed by atoms with E-state index >= 15 is 0 Å². The summed E-state index contributed by atoms with van der Waals surface area (Å²) in [7, 11) is 0. The van der Waals surface area contributed by atoms with E-state index in [0.717, 1.165) is 27.9 Å². The van der Waals surface area contributed by atoms with Crippen LogP contribution in [0.1, 0.15) is 18.2 Å². The summed E-state index contributed by atoms with van der Waals surface area (Å²) < 4.78 is 5.43. The first kappa shape index (κ1) is 14.6. The minimum Gasteiger partial charge on any atom is -0.494 e. The molecule has 1 aromatic heterocycles. The lowest BCUT2D eigenvalue weighted by atomic mass is 10.1. The maximum absolute atomic E-state index is 6.01. The van der Waals surface area contributed by atoms with Gasteiger partial charge in [0.15, 0.2) is 0 Å². The first-order chi connectivity index (χ1) is 10.7. The summed E-state index contributed by atoms with van der Waals surface area (Å²) in [4.78, 5) is 4.60. The Balaban J connectivity index is 1.82. The number of nitrogens with zero attached hydrogens (tertiary/aromatic N) is 1. The molecule has 1 heterocycles. The Kier molecular flexibility index (Phi) is 4.40. The maximum Gasteiger partial charge on any atom is 0.119 e. The molecule has 0 spiro atoms. The van der Waals surface area contributed by atoms with Crippen molar-refractivity contribution in [2.24, 2.45) is 0 Å². The molecule has 3 heteroatoms. The summed E-state index contributed by atoms with van der Waals surface area (Å²) >= 11 is 6.01. The monoisotopic (exact) mass is 309 g/mol. The molecule has 0 saturated heterocycles. The number of halogens is 1. The second kappa shape index (κ2) is 6.63. The predicted molar refractivity (Wildman–Crippen MR) is 93.3 cm³/mol. The van der Waals surface area contributed by atoms with Gasteiger partial charge in [0.05, 0.1) is 17.8 Å².